The number of carbonyl (C=O) groups is 3. The average Bonchev–Trinajstić information content (AvgIpc) is 2.61. The van der Waals surface area contributed by atoms with Crippen LogP contribution in [0.5, 0.6) is 0 Å². The molecule has 1 aromatic rings. The first kappa shape index (κ1) is 20.7. The molecule has 0 aromatic heterocycles. The highest BCUT2D eigenvalue weighted by molar-refractivity contribution is 5.99. The van der Waals surface area contributed by atoms with E-state index < -0.39 is 23.9 Å². The number of methoxy groups -OCH3 is 1. The maximum absolute atomic E-state index is 12.1. The molecule has 0 aliphatic rings. The number of nitrogens with one attached hydrogen (secondary N) is 2. The van der Waals surface area contributed by atoms with Crippen LogP contribution in [0.4, 0.5) is 5.69 Å². The molecule has 8 nitrogen and oxygen atoms in total. The van der Waals surface area contributed by atoms with Crippen LogP contribution < -0.4 is 10.6 Å². The van der Waals surface area contributed by atoms with Gasteiger partial charge in [0.25, 0.3) is 5.91 Å². The van der Waals surface area contributed by atoms with E-state index in [1.165, 1.54) is 25.4 Å². The molecule has 26 heavy (non-hydrogen) atoms. The molecular formula is C18H21N3O5. The second kappa shape index (κ2) is 9.84. The van der Waals surface area contributed by atoms with Crippen LogP contribution in [0.1, 0.15) is 30.6 Å². The minimum absolute atomic E-state index is 0.0670. The molecule has 0 radical (unpaired) electrons. The van der Waals surface area contributed by atoms with E-state index in [9.17, 15) is 14.4 Å². The number of aliphatic carboxylic acids is 1. The number of nitriles is 1. The van der Waals surface area contributed by atoms with Gasteiger partial charge in [0, 0.05) is 11.9 Å². The molecule has 0 aliphatic carbocycles. The maximum atomic E-state index is 12.1. The normalized spacial score (nSPS) is 12.0. The summed E-state index contributed by atoms with van der Waals surface area (Å²) in [5, 5.41) is 23.4. The Morgan fingerprint density at radius 2 is 1.88 bits per heavy atom. The Labute approximate surface area is 151 Å². The van der Waals surface area contributed by atoms with Crippen molar-refractivity contribution in [2.75, 3.05) is 12.4 Å². The number of amides is 1. The van der Waals surface area contributed by atoms with Crippen LogP contribution in [0.15, 0.2) is 36.0 Å². The highest BCUT2D eigenvalue weighted by Gasteiger charge is 2.22. The molecule has 1 rings (SSSR count). The van der Waals surface area contributed by atoms with Crippen LogP contribution >= 0.6 is 0 Å². The van der Waals surface area contributed by atoms with Gasteiger partial charge in [-0.3, -0.25) is 4.79 Å². The van der Waals surface area contributed by atoms with Crippen molar-refractivity contribution in [3.63, 3.8) is 0 Å². The van der Waals surface area contributed by atoms with Gasteiger partial charge in [0.2, 0.25) is 0 Å². The molecular weight excluding hydrogens is 338 g/mol. The summed E-state index contributed by atoms with van der Waals surface area (Å²) < 4.78 is 4.59. The molecule has 0 fully saturated rings. The molecule has 0 heterocycles. The van der Waals surface area contributed by atoms with E-state index in [4.69, 9.17) is 10.4 Å². The summed E-state index contributed by atoms with van der Waals surface area (Å²) in [4.78, 5) is 34.7. The number of ether oxygens (including phenoxy) is 1. The van der Waals surface area contributed by atoms with Crippen molar-refractivity contribution in [3.05, 3.63) is 41.6 Å². The Balaban J connectivity index is 2.80. The number of hydrogen-bond donors (Lipinski definition) is 3. The molecule has 1 atom stereocenters. The van der Waals surface area contributed by atoms with Crippen molar-refractivity contribution in [1.29, 1.82) is 5.26 Å². The summed E-state index contributed by atoms with van der Waals surface area (Å²) in [6.07, 6.45) is 1.43. The fourth-order valence-electron chi connectivity index (χ4n) is 2.05. The monoisotopic (exact) mass is 359 g/mol. The van der Waals surface area contributed by atoms with Crippen LogP contribution in [0.3, 0.4) is 0 Å². The van der Waals surface area contributed by atoms with Gasteiger partial charge in [-0.1, -0.05) is 13.8 Å². The van der Waals surface area contributed by atoms with Crippen molar-refractivity contribution in [2.24, 2.45) is 5.92 Å². The number of carboxylic acids is 1. The smallest absolute Gasteiger partial charge is 0.337 e. The van der Waals surface area contributed by atoms with E-state index in [1.807, 2.05) is 13.8 Å². The number of benzene rings is 1. The van der Waals surface area contributed by atoms with Gasteiger partial charge in [-0.15, -0.1) is 0 Å². The van der Waals surface area contributed by atoms with E-state index in [2.05, 4.69) is 15.4 Å². The summed E-state index contributed by atoms with van der Waals surface area (Å²) in [6, 6.07) is 6.86. The topological polar surface area (TPSA) is 129 Å². The highest BCUT2D eigenvalue weighted by Crippen LogP contribution is 2.11. The van der Waals surface area contributed by atoms with Crippen LogP contribution in [0, 0.1) is 17.2 Å². The second-order valence-corrected chi connectivity index (χ2v) is 5.88. The molecule has 0 spiro atoms. The minimum atomic E-state index is -1.16. The van der Waals surface area contributed by atoms with Crippen LogP contribution in [0.2, 0.25) is 0 Å². The lowest BCUT2D eigenvalue weighted by atomic mass is 10.0. The highest BCUT2D eigenvalue weighted by atomic mass is 16.5. The Hall–Kier alpha value is -3.34. The van der Waals surface area contributed by atoms with E-state index in [0.717, 1.165) is 0 Å². The third-order valence-electron chi connectivity index (χ3n) is 3.36. The predicted octanol–water partition coefficient (Wildman–Crippen LogP) is 1.91. The molecule has 3 N–H and O–H groups in total. The summed E-state index contributed by atoms with van der Waals surface area (Å²) in [5.74, 6) is -2.35. The lowest BCUT2D eigenvalue weighted by molar-refractivity contribution is -0.141. The van der Waals surface area contributed by atoms with Crippen LogP contribution in [0.25, 0.3) is 0 Å². The van der Waals surface area contributed by atoms with Crippen molar-refractivity contribution in [1.82, 2.24) is 5.32 Å². The van der Waals surface area contributed by atoms with Gasteiger partial charge in [-0.2, -0.15) is 5.26 Å². The summed E-state index contributed by atoms with van der Waals surface area (Å²) in [7, 11) is 1.28. The molecule has 0 saturated heterocycles. The van der Waals surface area contributed by atoms with Crippen LogP contribution in [-0.2, 0) is 14.3 Å². The standard InChI is InChI=1S/C18H21N3O5/c1-11(2)8-15(17(23)24)21-16(22)13(9-19)10-20-14-6-4-12(5-7-14)18(25)26-3/h4-7,10-11,15,20H,8H2,1-3H3,(H,21,22)(H,23,24)/b13-10-. The van der Waals surface area contributed by atoms with Crippen molar-refractivity contribution in [3.8, 4) is 6.07 Å². The largest absolute Gasteiger partial charge is 0.480 e. The number of carbonyl (C=O) groups excluding carboxylic acids is 2. The SMILES string of the molecule is COC(=O)c1ccc(N/C=C(/C#N)C(=O)NC(CC(C)C)C(=O)O)cc1. The van der Waals surface area contributed by atoms with Gasteiger partial charge in [0.15, 0.2) is 0 Å². The number of esters is 1. The number of carboxylic acid groups (broad SMARTS) is 1. The molecule has 1 amide bonds. The third-order valence-corrected chi connectivity index (χ3v) is 3.36. The zero-order valence-electron chi connectivity index (χ0n) is 14.8. The number of nitrogens with zero attached hydrogens (tertiary/aromatic N) is 1. The van der Waals surface area contributed by atoms with Gasteiger partial charge in [0.05, 0.1) is 12.7 Å². The van der Waals surface area contributed by atoms with Crippen molar-refractivity contribution in [2.45, 2.75) is 26.3 Å². The molecule has 0 aliphatic heterocycles. The summed E-state index contributed by atoms with van der Waals surface area (Å²) >= 11 is 0. The quantitative estimate of drug-likeness (QED) is 0.367. The first-order valence-electron chi connectivity index (χ1n) is 7.87. The Bertz CT molecular complexity index is 732. The summed E-state index contributed by atoms with van der Waals surface area (Å²) in [6.45, 7) is 3.67. The second-order valence-electron chi connectivity index (χ2n) is 5.88. The van der Waals surface area contributed by atoms with E-state index in [1.54, 1.807) is 18.2 Å². The molecule has 1 aromatic carbocycles. The lowest BCUT2D eigenvalue weighted by Crippen LogP contribution is -2.42. The maximum Gasteiger partial charge on any atom is 0.337 e. The van der Waals surface area contributed by atoms with E-state index in [-0.39, 0.29) is 17.9 Å². The molecule has 1 unspecified atom stereocenters. The molecule has 138 valence electrons. The number of rotatable bonds is 8. The third kappa shape index (κ3) is 6.28. The fourth-order valence-corrected chi connectivity index (χ4v) is 2.05. The van der Waals surface area contributed by atoms with Gasteiger partial charge < -0.3 is 20.5 Å². The first-order chi connectivity index (χ1) is 12.3. The zero-order chi connectivity index (χ0) is 19.7. The van der Waals surface area contributed by atoms with Crippen molar-refractivity contribution < 1.29 is 24.2 Å². The lowest BCUT2D eigenvalue weighted by Gasteiger charge is -2.16. The number of anilines is 1. The van der Waals surface area contributed by atoms with Crippen molar-refractivity contribution >= 4 is 23.5 Å². The first-order valence-corrected chi connectivity index (χ1v) is 7.87. The van der Waals surface area contributed by atoms with Gasteiger partial charge >= 0.3 is 11.9 Å². The summed E-state index contributed by atoms with van der Waals surface area (Å²) in [5.41, 5.74) is 0.630. The minimum Gasteiger partial charge on any atom is -0.480 e. The predicted molar refractivity (Wildman–Crippen MR) is 94.1 cm³/mol. The number of hydrogen-bond acceptors (Lipinski definition) is 6. The Morgan fingerprint density at radius 3 is 2.35 bits per heavy atom. The average molecular weight is 359 g/mol. The molecule has 0 bridgehead atoms. The van der Waals surface area contributed by atoms with Gasteiger partial charge in [0.1, 0.15) is 17.7 Å². The Morgan fingerprint density at radius 1 is 1.27 bits per heavy atom. The molecule has 8 heteroatoms. The van der Waals surface area contributed by atoms with Gasteiger partial charge in [-0.25, -0.2) is 9.59 Å². The Kier molecular flexibility index (Phi) is 7.83. The van der Waals surface area contributed by atoms with E-state index in [0.29, 0.717) is 11.3 Å². The van der Waals surface area contributed by atoms with E-state index >= 15 is 0 Å². The zero-order valence-corrected chi connectivity index (χ0v) is 14.8. The van der Waals surface area contributed by atoms with Gasteiger partial charge in [-0.05, 0) is 36.6 Å². The van der Waals surface area contributed by atoms with Crippen LogP contribution in [-0.4, -0.2) is 36.1 Å². The fraction of sp³-hybridized carbons (Fsp3) is 0.333. The molecule has 0 saturated carbocycles.